The van der Waals surface area contributed by atoms with Gasteiger partial charge in [0, 0.05) is 20.1 Å². The summed E-state index contributed by atoms with van der Waals surface area (Å²) in [5, 5.41) is 0. The molecule has 2 unspecified atom stereocenters. The van der Waals surface area contributed by atoms with E-state index in [0.29, 0.717) is 22.3 Å². The molecule has 0 aliphatic carbocycles. The molecule has 10 atom stereocenters. The van der Waals surface area contributed by atoms with Crippen molar-refractivity contribution in [2.24, 2.45) is 5.92 Å². The number of rotatable bonds is 14. The predicted octanol–water partition coefficient (Wildman–Crippen LogP) is 2.39. The minimum absolute atomic E-state index is 0.162. The summed E-state index contributed by atoms with van der Waals surface area (Å²) >= 11 is 9.56. The van der Waals surface area contributed by atoms with Crippen molar-refractivity contribution >= 4 is 71.5 Å². The first-order chi connectivity index (χ1) is 23.7. The maximum atomic E-state index is 12.9. The Kier molecular flexibility index (Phi) is 11.1. The molecule has 4 aromatic rings. The molecule has 0 saturated carbocycles. The molecule has 2 aliphatic rings. The van der Waals surface area contributed by atoms with Crippen molar-refractivity contribution in [1.82, 2.24) is 39.0 Å². The molecule has 6 heterocycles. The van der Waals surface area contributed by atoms with Crippen LogP contribution in [-0.2, 0) is 53.4 Å². The van der Waals surface area contributed by atoms with E-state index in [-0.39, 0.29) is 30.8 Å². The van der Waals surface area contributed by atoms with Crippen LogP contribution in [0, 0.1) is 5.92 Å². The van der Waals surface area contributed by atoms with Gasteiger partial charge in [0.1, 0.15) is 48.1 Å². The lowest BCUT2D eigenvalue weighted by Crippen LogP contribution is -2.37. The van der Waals surface area contributed by atoms with Crippen molar-refractivity contribution in [3.63, 3.8) is 0 Å². The average molecular weight is 777 g/mol. The van der Waals surface area contributed by atoms with Crippen LogP contribution in [-0.4, -0.2) is 108 Å². The highest BCUT2D eigenvalue weighted by Crippen LogP contribution is 2.55. The Morgan fingerprint density at radius 1 is 0.880 bits per heavy atom. The maximum Gasteiger partial charge on any atom is 0.386 e. The lowest BCUT2D eigenvalue weighted by atomic mass is 10.0. The summed E-state index contributed by atoms with van der Waals surface area (Å²) < 4.78 is 63.3. The zero-order valence-corrected chi connectivity index (χ0v) is 31.0. The van der Waals surface area contributed by atoms with Crippen molar-refractivity contribution < 1.29 is 46.5 Å². The fourth-order valence-electron chi connectivity index (χ4n) is 5.97. The summed E-state index contributed by atoms with van der Waals surface area (Å²) in [7, 11) is 2.99. The molecule has 0 bridgehead atoms. The highest BCUT2D eigenvalue weighted by Gasteiger charge is 2.51. The fraction of sp³-hybridized carbons (Fsp3) is 0.615. The van der Waals surface area contributed by atoms with Gasteiger partial charge in [-0.1, -0.05) is 19.2 Å². The number of imidazole rings is 2. The minimum atomic E-state index is -4.06. The molecule has 24 heteroatoms. The number of fused-ring (bicyclic) bond motifs is 2. The lowest BCUT2D eigenvalue weighted by Gasteiger charge is -2.28. The third-order valence-electron chi connectivity index (χ3n) is 8.26. The van der Waals surface area contributed by atoms with Gasteiger partial charge in [0.2, 0.25) is 0 Å². The first kappa shape index (κ1) is 37.3. The van der Waals surface area contributed by atoms with Crippen molar-refractivity contribution in [3.05, 3.63) is 25.3 Å². The van der Waals surface area contributed by atoms with E-state index in [1.54, 1.807) is 36.4 Å². The Labute approximate surface area is 296 Å². The Morgan fingerprint density at radius 3 is 1.94 bits per heavy atom. The van der Waals surface area contributed by atoms with Gasteiger partial charge in [0.05, 0.1) is 38.1 Å². The second-order valence-electron chi connectivity index (χ2n) is 11.8. The summed E-state index contributed by atoms with van der Waals surface area (Å²) in [5.74, 6) is 0.152. The highest BCUT2D eigenvalue weighted by atomic mass is 32.7. The zero-order valence-electron chi connectivity index (χ0n) is 27.5. The summed E-state index contributed by atoms with van der Waals surface area (Å²) in [6.07, 6.45) is -0.549. The van der Waals surface area contributed by atoms with Gasteiger partial charge in [-0.25, -0.2) is 34.5 Å². The molecule has 0 radical (unpaired) electrons. The smallest absolute Gasteiger partial charge is 0.382 e. The maximum absolute atomic E-state index is 12.9. The Bertz CT molecular complexity index is 1920. The fourth-order valence-corrected chi connectivity index (χ4v) is 9.11. The van der Waals surface area contributed by atoms with E-state index in [4.69, 9.17) is 60.3 Å². The third kappa shape index (κ3) is 7.54. The minimum Gasteiger partial charge on any atom is -0.382 e. The number of thiol groups is 1. The number of methoxy groups -OCH3 is 2. The van der Waals surface area contributed by atoms with Gasteiger partial charge in [0.25, 0.3) is 0 Å². The van der Waals surface area contributed by atoms with Crippen LogP contribution >= 0.6 is 25.8 Å². The van der Waals surface area contributed by atoms with Crippen LogP contribution in [0.5, 0.6) is 0 Å². The largest absolute Gasteiger partial charge is 0.386 e. The van der Waals surface area contributed by atoms with Crippen molar-refractivity contribution in [1.29, 1.82) is 0 Å². The first-order valence-corrected chi connectivity index (χ1v) is 20.6. The predicted molar refractivity (Wildman–Crippen MR) is 184 cm³/mol. The standard InChI is InChI=1S/C26H38N10O10P2S2/c1-12(2)45-47(37,49)42-7-15-19(20(40-5)26(44-15)36-11-34-17-22(28)30-9-32-24(17)36)46-48(38,50)41-6-14-13(3)18(39-4)25(43-14)35-10-33-16-21(27)29-8-31-23(16)35/h8-15,18-20,25-26H,6-7H2,1-5H3,(H,37,49)(H,38,50)(H2,27,29,31)(H2,28,30,32)/t13-,14-,15-,18-,19-,20-,25-,26-,47?,48?/m1/s1. The molecule has 0 amide bonds. The first-order valence-electron chi connectivity index (χ1n) is 15.3. The van der Waals surface area contributed by atoms with Gasteiger partial charge < -0.3 is 39.8 Å². The zero-order chi connectivity index (χ0) is 36.0. The summed E-state index contributed by atoms with van der Waals surface area (Å²) in [5.41, 5.74) is 13.5. The van der Waals surface area contributed by atoms with Gasteiger partial charge in [-0.2, -0.15) is 0 Å². The molecular formula is C26H38N10O10P2S2. The van der Waals surface area contributed by atoms with Crippen LogP contribution in [0.4, 0.5) is 11.6 Å². The molecule has 0 aromatic carbocycles. The molecule has 20 nitrogen and oxygen atoms in total. The number of anilines is 2. The van der Waals surface area contributed by atoms with E-state index in [1.165, 1.54) is 26.1 Å². The van der Waals surface area contributed by atoms with Crippen LogP contribution < -0.4 is 11.5 Å². The van der Waals surface area contributed by atoms with Gasteiger partial charge in [-0.15, -0.1) is 0 Å². The third-order valence-corrected chi connectivity index (χ3v) is 11.6. The highest BCUT2D eigenvalue weighted by molar-refractivity contribution is 8.44. The molecule has 2 saturated heterocycles. The normalized spacial score (nSPS) is 29.6. The number of nitrogen functional groups attached to an aromatic ring is 2. The number of nitrogens with zero attached hydrogens (tertiary/aromatic N) is 8. The average Bonchev–Trinajstić information content (AvgIpc) is 3.82. The SMILES string of the molecule is CO[C@@H]1[C@H](C)[C@@H](COP(O)(=S)O[C@H]2[C@@H](OC)[C@H](n3cnc4c(N)ncnc43)O[C@@H]2COP(=O)(S)OC(C)C)O[C@H]1n1cnc2c(N)ncnc21. The summed E-state index contributed by atoms with van der Waals surface area (Å²) in [6.45, 7) is -3.10. The molecule has 5 N–H and O–H groups in total. The number of aromatic nitrogens is 8. The van der Waals surface area contributed by atoms with Crippen LogP contribution in [0.1, 0.15) is 33.2 Å². The van der Waals surface area contributed by atoms with Gasteiger partial charge in [0.15, 0.2) is 35.4 Å². The van der Waals surface area contributed by atoms with E-state index < -0.39 is 62.6 Å². The monoisotopic (exact) mass is 776 g/mol. The molecule has 2 fully saturated rings. The number of nitrogens with two attached hydrogens (primary N) is 2. The molecule has 4 aromatic heterocycles. The molecule has 0 spiro atoms. The van der Waals surface area contributed by atoms with E-state index in [0.717, 1.165) is 0 Å². The molecule has 6 rings (SSSR count). The number of hydrogen-bond donors (Lipinski definition) is 4. The van der Waals surface area contributed by atoms with E-state index >= 15 is 0 Å². The Hall–Kier alpha value is -2.43. The van der Waals surface area contributed by atoms with Crippen LogP contribution in [0.15, 0.2) is 25.3 Å². The van der Waals surface area contributed by atoms with Crippen molar-refractivity contribution in [2.75, 3.05) is 38.9 Å². The molecule has 274 valence electrons. The summed E-state index contributed by atoms with van der Waals surface area (Å²) in [4.78, 5) is 36.6. The van der Waals surface area contributed by atoms with E-state index in [2.05, 4.69) is 42.2 Å². The topological polar surface area (TPSA) is 250 Å². The molecule has 50 heavy (non-hydrogen) atoms. The quantitative estimate of drug-likeness (QED) is 0.106. The van der Waals surface area contributed by atoms with Crippen molar-refractivity contribution in [2.45, 2.75) is 69.9 Å². The Balaban J connectivity index is 1.21. The van der Waals surface area contributed by atoms with Crippen LogP contribution in [0.2, 0.25) is 0 Å². The van der Waals surface area contributed by atoms with Gasteiger partial charge in [-0.05, 0) is 25.7 Å². The van der Waals surface area contributed by atoms with E-state index in [1.807, 2.05) is 6.92 Å². The second-order valence-corrected chi connectivity index (χ2v) is 17.5. The number of ether oxygens (including phenoxy) is 4. The van der Waals surface area contributed by atoms with Crippen molar-refractivity contribution in [3.8, 4) is 0 Å². The number of hydrogen-bond acceptors (Lipinski definition) is 18. The van der Waals surface area contributed by atoms with Gasteiger partial charge >= 0.3 is 13.5 Å². The van der Waals surface area contributed by atoms with E-state index in [9.17, 15) is 9.46 Å². The summed E-state index contributed by atoms with van der Waals surface area (Å²) in [6, 6.07) is 0. The molecule has 2 aliphatic heterocycles. The second kappa shape index (κ2) is 14.9. The van der Waals surface area contributed by atoms with Crippen LogP contribution in [0.3, 0.4) is 0 Å². The van der Waals surface area contributed by atoms with Gasteiger partial charge in [-0.3, -0.25) is 22.7 Å². The Morgan fingerprint density at radius 2 is 1.40 bits per heavy atom. The lowest BCUT2D eigenvalue weighted by molar-refractivity contribution is -0.0595. The van der Waals surface area contributed by atoms with Crippen LogP contribution in [0.25, 0.3) is 22.3 Å². The molecular weight excluding hydrogens is 738 g/mol.